The Labute approximate surface area is 413 Å². The van der Waals surface area contributed by atoms with Gasteiger partial charge in [0.1, 0.15) is 13.2 Å². The summed E-state index contributed by atoms with van der Waals surface area (Å²) in [4.78, 5) is 37.7. The fourth-order valence-electron chi connectivity index (χ4n) is 7.46. The molecule has 0 bridgehead atoms. The molecule has 6 heteroatoms. The number of allylic oxidation sites excluding steroid dienone is 16. The molecular formula is C61H102O6. The zero-order valence-electron chi connectivity index (χ0n) is 43.6. The second-order valence-corrected chi connectivity index (χ2v) is 18.1. The first kappa shape index (κ1) is 63.3. The van der Waals surface area contributed by atoms with Crippen LogP contribution < -0.4 is 0 Å². The molecule has 0 N–H and O–H groups in total. The Morgan fingerprint density at radius 1 is 0.313 bits per heavy atom. The van der Waals surface area contributed by atoms with Gasteiger partial charge in [-0.05, 0) is 83.5 Å². The molecule has 0 rings (SSSR count). The lowest BCUT2D eigenvalue weighted by Crippen LogP contribution is -2.30. The molecule has 0 radical (unpaired) electrons. The molecule has 1 unspecified atom stereocenters. The van der Waals surface area contributed by atoms with Gasteiger partial charge in [-0.2, -0.15) is 0 Å². The third-order valence-corrected chi connectivity index (χ3v) is 11.6. The van der Waals surface area contributed by atoms with Crippen molar-refractivity contribution < 1.29 is 28.6 Å². The second-order valence-electron chi connectivity index (χ2n) is 18.1. The van der Waals surface area contributed by atoms with Gasteiger partial charge in [-0.1, -0.05) is 246 Å². The maximum atomic E-state index is 12.7. The third-order valence-electron chi connectivity index (χ3n) is 11.6. The summed E-state index contributed by atoms with van der Waals surface area (Å²) in [5, 5.41) is 0. The minimum atomic E-state index is -0.782. The maximum Gasteiger partial charge on any atom is 0.306 e. The summed E-state index contributed by atoms with van der Waals surface area (Å²) in [5.41, 5.74) is 0. The van der Waals surface area contributed by atoms with E-state index in [1.807, 2.05) is 0 Å². The normalized spacial score (nSPS) is 12.8. The zero-order valence-corrected chi connectivity index (χ0v) is 43.6. The van der Waals surface area contributed by atoms with Crippen molar-refractivity contribution in [3.05, 3.63) is 97.2 Å². The Bertz CT molecular complexity index is 1350. The first-order valence-corrected chi connectivity index (χ1v) is 27.7. The molecule has 0 fully saturated rings. The Hall–Kier alpha value is -3.67. The van der Waals surface area contributed by atoms with E-state index in [4.69, 9.17) is 14.2 Å². The van der Waals surface area contributed by atoms with Crippen LogP contribution in [-0.4, -0.2) is 37.2 Å². The summed E-state index contributed by atoms with van der Waals surface area (Å²) in [6.45, 7) is 6.42. The van der Waals surface area contributed by atoms with E-state index in [0.29, 0.717) is 19.3 Å². The quantitative estimate of drug-likeness (QED) is 0.0262. The molecule has 0 aliphatic heterocycles. The summed E-state index contributed by atoms with van der Waals surface area (Å²) in [6, 6.07) is 0. The number of carbonyl (C=O) groups is 3. The van der Waals surface area contributed by atoms with Crippen LogP contribution in [-0.2, 0) is 28.6 Å². The van der Waals surface area contributed by atoms with Crippen molar-refractivity contribution in [1.29, 1.82) is 0 Å². The van der Waals surface area contributed by atoms with Crippen LogP contribution in [0.5, 0.6) is 0 Å². The van der Waals surface area contributed by atoms with Crippen LogP contribution in [0.2, 0.25) is 0 Å². The lowest BCUT2D eigenvalue weighted by atomic mass is 10.0. The van der Waals surface area contributed by atoms with E-state index in [1.165, 1.54) is 83.5 Å². The van der Waals surface area contributed by atoms with Crippen LogP contribution in [0.1, 0.15) is 252 Å². The number of hydrogen-bond donors (Lipinski definition) is 0. The summed E-state index contributed by atoms with van der Waals surface area (Å²) in [7, 11) is 0. The summed E-state index contributed by atoms with van der Waals surface area (Å²) >= 11 is 0. The molecule has 0 saturated heterocycles. The van der Waals surface area contributed by atoms with Crippen LogP contribution in [0, 0.1) is 0 Å². The number of unbranched alkanes of at least 4 members (excludes halogenated alkanes) is 22. The van der Waals surface area contributed by atoms with Gasteiger partial charge in [0, 0.05) is 19.3 Å². The second kappa shape index (κ2) is 54.9. The predicted octanol–water partition coefficient (Wildman–Crippen LogP) is 18.5. The van der Waals surface area contributed by atoms with Gasteiger partial charge in [-0.25, -0.2) is 0 Å². The largest absolute Gasteiger partial charge is 0.462 e. The maximum absolute atomic E-state index is 12.7. The van der Waals surface area contributed by atoms with Crippen LogP contribution in [0.25, 0.3) is 0 Å². The Kier molecular flexibility index (Phi) is 51.9. The monoisotopic (exact) mass is 931 g/mol. The average Bonchev–Trinajstić information content (AvgIpc) is 3.33. The SMILES string of the molecule is CC/C=C\C/C=C\C/C=C\C/C=C\C/C=C\C/C=C\C/C=C\C/C=C\CCCCCCC(=O)OCC(COC(=O)CCCCCCC)OC(=O)CCCCCCCCCCCCCCCCC. The minimum Gasteiger partial charge on any atom is -0.462 e. The first-order chi connectivity index (χ1) is 33.0. The van der Waals surface area contributed by atoms with Gasteiger partial charge in [-0.3, -0.25) is 14.4 Å². The average molecular weight is 931 g/mol. The van der Waals surface area contributed by atoms with Crippen molar-refractivity contribution in [1.82, 2.24) is 0 Å². The van der Waals surface area contributed by atoms with Crippen molar-refractivity contribution in [2.45, 2.75) is 258 Å². The Morgan fingerprint density at radius 2 is 0.582 bits per heavy atom. The van der Waals surface area contributed by atoms with Gasteiger partial charge in [0.2, 0.25) is 0 Å². The highest BCUT2D eigenvalue weighted by molar-refractivity contribution is 5.71. The van der Waals surface area contributed by atoms with Gasteiger partial charge in [0.25, 0.3) is 0 Å². The van der Waals surface area contributed by atoms with Crippen molar-refractivity contribution >= 4 is 17.9 Å². The fourth-order valence-corrected chi connectivity index (χ4v) is 7.46. The van der Waals surface area contributed by atoms with Gasteiger partial charge >= 0.3 is 17.9 Å². The van der Waals surface area contributed by atoms with E-state index in [1.54, 1.807) is 0 Å². The van der Waals surface area contributed by atoms with E-state index >= 15 is 0 Å². The van der Waals surface area contributed by atoms with Crippen LogP contribution >= 0.6 is 0 Å². The fraction of sp³-hybridized carbons (Fsp3) is 0.689. The van der Waals surface area contributed by atoms with Crippen LogP contribution in [0.4, 0.5) is 0 Å². The van der Waals surface area contributed by atoms with E-state index in [9.17, 15) is 14.4 Å². The van der Waals surface area contributed by atoms with Crippen molar-refractivity contribution in [2.24, 2.45) is 0 Å². The zero-order chi connectivity index (χ0) is 48.6. The molecule has 0 heterocycles. The molecule has 6 nitrogen and oxygen atoms in total. The smallest absolute Gasteiger partial charge is 0.306 e. The summed E-state index contributed by atoms with van der Waals surface area (Å²) in [6.07, 6.45) is 73.0. The van der Waals surface area contributed by atoms with Crippen LogP contribution in [0.15, 0.2) is 97.2 Å². The lowest BCUT2D eigenvalue weighted by molar-refractivity contribution is -0.167. The molecule has 67 heavy (non-hydrogen) atoms. The third kappa shape index (κ3) is 53.2. The van der Waals surface area contributed by atoms with E-state index in [-0.39, 0.29) is 31.1 Å². The molecule has 0 aliphatic carbocycles. The van der Waals surface area contributed by atoms with Gasteiger partial charge in [0.05, 0.1) is 0 Å². The molecule has 0 amide bonds. The van der Waals surface area contributed by atoms with Crippen molar-refractivity contribution in [2.75, 3.05) is 13.2 Å². The number of carbonyl (C=O) groups excluding carboxylic acids is 3. The summed E-state index contributed by atoms with van der Waals surface area (Å²) < 4.78 is 16.7. The van der Waals surface area contributed by atoms with E-state index in [0.717, 1.165) is 128 Å². The van der Waals surface area contributed by atoms with Gasteiger partial charge < -0.3 is 14.2 Å². The van der Waals surface area contributed by atoms with Crippen molar-refractivity contribution in [3.63, 3.8) is 0 Å². The highest BCUT2D eigenvalue weighted by Gasteiger charge is 2.19. The van der Waals surface area contributed by atoms with Crippen molar-refractivity contribution in [3.8, 4) is 0 Å². The standard InChI is InChI=1S/C61H102O6/c1-4-7-10-13-15-17-19-21-23-24-25-26-27-28-29-30-31-32-33-34-35-36-38-39-41-43-45-48-51-54-60(63)66-57-58(56-65-59(62)53-50-47-12-9-6-3)67-61(64)55-52-49-46-44-42-40-37-22-20-18-16-14-11-8-5-2/h7,10,15,17,21,23,25-26,28-29,31-32,34-35,38-39,58H,4-6,8-9,11-14,16,18-20,22,24,27,30,33,36-37,40-57H2,1-3H3/b10-7-,17-15-,23-21-,26-25-,29-28-,32-31-,35-34-,39-38-. The summed E-state index contributed by atoms with van der Waals surface area (Å²) in [5.74, 6) is -0.923. The number of esters is 3. The number of ether oxygens (including phenoxy) is 3. The molecule has 0 aromatic rings. The first-order valence-electron chi connectivity index (χ1n) is 27.7. The molecule has 1 atom stereocenters. The minimum absolute atomic E-state index is 0.0849. The highest BCUT2D eigenvalue weighted by Crippen LogP contribution is 2.15. The van der Waals surface area contributed by atoms with Gasteiger partial charge in [0.15, 0.2) is 6.10 Å². The lowest BCUT2D eigenvalue weighted by Gasteiger charge is -2.18. The molecular weight excluding hydrogens is 829 g/mol. The Morgan fingerprint density at radius 3 is 0.910 bits per heavy atom. The molecule has 0 spiro atoms. The predicted molar refractivity (Wildman–Crippen MR) is 288 cm³/mol. The Balaban J connectivity index is 4.16. The molecule has 382 valence electrons. The van der Waals surface area contributed by atoms with E-state index in [2.05, 4.69) is 118 Å². The molecule has 0 aromatic heterocycles. The highest BCUT2D eigenvalue weighted by atomic mass is 16.6. The topological polar surface area (TPSA) is 78.9 Å². The number of rotatable bonds is 49. The number of hydrogen-bond acceptors (Lipinski definition) is 6. The van der Waals surface area contributed by atoms with Crippen LogP contribution in [0.3, 0.4) is 0 Å². The molecule has 0 aliphatic rings. The molecule has 0 saturated carbocycles. The van der Waals surface area contributed by atoms with E-state index < -0.39 is 6.10 Å². The molecule has 0 aromatic carbocycles. The van der Waals surface area contributed by atoms with Gasteiger partial charge in [-0.15, -0.1) is 0 Å².